The van der Waals surface area contributed by atoms with Crippen LogP contribution in [-0.2, 0) is 16.0 Å². The van der Waals surface area contributed by atoms with E-state index < -0.39 is 60.7 Å². The van der Waals surface area contributed by atoms with Crippen molar-refractivity contribution >= 4 is 11.8 Å². The Hall–Kier alpha value is -3.76. The van der Waals surface area contributed by atoms with E-state index in [1.54, 1.807) is 37.3 Å². The molecule has 3 aromatic rings. The van der Waals surface area contributed by atoms with E-state index in [1.807, 2.05) is 0 Å². The third kappa shape index (κ3) is 5.41. The fourth-order valence-corrected chi connectivity index (χ4v) is 5.04. The predicted molar refractivity (Wildman–Crippen MR) is 128 cm³/mol. The Labute approximate surface area is 216 Å². The Kier molecular flexibility index (Phi) is 6.93. The van der Waals surface area contributed by atoms with E-state index in [4.69, 9.17) is 4.42 Å². The zero-order chi connectivity index (χ0) is 27.0. The molecular weight excluding hydrogens is 504 g/mol. The zero-order valence-corrected chi connectivity index (χ0v) is 20.5. The molecule has 3 unspecified atom stereocenters. The number of likely N-dealkylation sites (tertiary alicyclic amines) is 1. The number of halogens is 4. The number of aromatic nitrogens is 2. The Morgan fingerprint density at radius 1 is 1.16 bits per heavy atom. The Balaban J connectivity index is 1.37. The number of nitrogens with one attached hydrogen (secondary N) is 1. The van der Waals surface area contributed by atoms with Crippen molar-refractivity contribution in [3.63, 3.8) is 0 Å². The second-order valence-electron chi connectivity index (χ2n) is 9.88. The van der Waals surface area contributed by atoms with Gasteiger partial charge in [0.05, 0.1) is 24.0 Å². The van der Waals surface area contributed by atoms with E-state index in [1.165, 1.54) is 18.4 Å². The van der Waals surface area contributed by atoms with Crippen molar-refractivity contribution in [3.8, 4) is 0 Å². The number of aryl methyl sites for hydroxylation is 1. The maximum Gasteiger partial charge on any atom is 0.249 e. The minimum absolute atomic E-state index is 0.104. The molecule has 0 bridgehead atoms. The van der Waals surface area contributed by atoms with Crippen LogP contribution in [0.15, 0.2) is 53.1 Å². The number of hydrogen-bond acceptors (Lipinski definition) is 5. The van der Waals surface area contributed by atoms with E-state index in [0.717, 1.165) is 4.90 Å². The first-order valence-corrected chi connectivity index (χ1v) is 12.3. The Bertz CT molecular complexity index is 1320. The lowest BCUT2D eigenvalue weighted by molar-refractivity contribution is -0.138. The van der Waals surface area contributed by atoms with Crippen molar-refractivity contribution in [2.24, 2.45) is 0 Å². The molecule has 0 spiro atoms. The van der Waals surface area contributed by atoms with Gasteiger partial charge in [-0.25, -0.2) is 23.1 Å². The molecule has 2 fully saturated rings. The lowest BCUT2D eigenvalue weighted by Gasteiger charge is -2.35. The standard InChI is InChI=1S/C27H26F4N4O3/c1-15-14-38-22(32-15)10-23(36)35-13-18(28)9-21(35)26(37)34-24(16-5-3-2-4-6-16)20-8-7-19(25(29)33-20)17-11-27(30,31)12-17/h2-8,14,17-18,21,24H,9-13H2,1H3,(H,34,37). The number of amides is 2. The predicted octanol–water partition coefficient (Wildman–Crippen LogP) is 4.42. The molecule has 7 nitrogen and oxygen atoms in total. The highest BCUT2D eigenvalue weighted by Gasteiger charge is 2.47. The number of carbonyl (C=O) groups is 2. The molecule has 2 amide bonds. The highest BCUT2D eigenvalue weighted by atomic mass is 19.3. The summed E-state index contributed by atoms with van der Waals surface area (Å²) in [5, 5.41) is 2.79. The van der Waals surface area contributed by atoms with Gasteiger partial charge in [-0.15, -0.1) is 0 Å². The number of hydrogen-bond donors (Lipinski definition) is 1. The SMILES string of the molecule is Cc1coc(CC(=O)N2CC(F)CC2C(=O)NC(c2ccccc2)c2ccc(C3CC(F)(F)C3)c(F)n2)n1. The summed E-state index contributed by atoms with van der Waals surface area (Å²) in [6, 6.07) is 9.56. The van der Waals surface area contributed by atoms with Crippen molar-refractivity contribution in [2.45, 2.75) is 62.7 Å². The van der Waals surface area contributed by atoms with Crippen LogP contribution in [0.5, 0.6) is 0 Å². The normalized spacial score (nSPS) is 21.7. The average Bonchev–Trinajstić information content (AvgIpc) is 3.46. The molecule has 38 heavy (non-hydrogen) atoms. The van der Waals surface area contributed by atoms with Gasteiger partial charge in [-0.3, -0.25) is 9.59 Å². The number of pyridine rings is 1. The molecule has 1 saturated heterocycles. The summed E-state index contributed by atoms with van der Waals surface area (Å²) in [7, 11) is 0. The van der Waals surface area contributed by atoms with Crippen LogP contribution in [0.1, 0.15) is 59.6 Å². The summed E-state index contributed by atoms with van der Waals surface area (Å²) in [5.74, 6) is -5.26. The quantitative estimate of drug-likeness (QED) is 0.361. The molecule has 3 atom stereocenters. The van der Waals surface area contributed by atoms with Gasteiger partial charge < -0.3 is 14.6 Å². The van der Waals surface area contributed by atoms with E-state index in [2.05, 4.69) is 15.3 Å². The molecule has 5 rings (SSSR count). The summed E-state index contributed by atoms with van der Waals surface area (Å²) in [6.45, 7) is 1.45. The monoisotopic (exact) mass is 530 g/mol. The Morgan fingerprint density at radius 2 is 1.89 bits per heavy atom. The first kappa shape index (κ1) is 25.9. The summed E-state index contributed by atoms with van der Waals surface area (Å²) in [6.07, 6.45) is -1.29. The van der Waals surface area contributed by atoms with Gasteiger partial charge in [0.15, 0.2) is 0 Å². The molecule has 2 aliphatic rings. The topological polar surface area (TPSA) is 88.3 Å². The van der Waals surface area contributed by atoms with Crippen LogP contribution >= 0.6 is 0 Å². The molecular formula is C27H26F4N4O3. The van der Waals surface area contributed by atoms with Crippen LogP contribution in [-0.4, -0.2) is 51.4 Å². The number of carbonyl (C=O) groups excluding carboxylic acids is 2. The van der Waals surface area contributed by atoms with Gasteiger partial charge in [0.1, 0.15) is 24.9 Å². The maximum atomic E-state index is 14.9. The molecule has 0 radical (unpaired) electrons. The number of nitrogens with zero attached hydrogens (tertiary/aromatic N) is 3. The third-order valence-electron chi connectivity index (χ3n) is 6.99. The molecule has 1 aliphatic heterocycles. The fourth-order valence-electron chi connectivity index (χ4n) is 5.04. The van der Waals surface area contributed by atoms with Crippen molar-refractivity contribution in [2.75, 3.05) is 6.54 Å². The second kappa shape index (κ2) is 10.2. The average molecular weight is 531 g/mol. The van der Waals surface area contributed by atoms with E-state index in [9.17, 15) is 27.2 Å². The summed E-state index contributed by atoms with van der Waals surface area (Å²) >= 11 is 0. The van der Waals surface area contributed by atoms with E-state index in [-0.39, 0.29) is 36.5 Å². The number of oxazole rings is 1. The lowest BCUT2D eigenvalue weighted by atomic mass is 9.77. The van der Waals surface area contributed by atoms with Gasteiger partial charge in [-0.05, 0) is 24.5 Å². The third-order valence-corrected chi connectivity index (χ3v) is 6.99. The van der Waals surface area contributed by atoms with Gasteiger partial charge in [0.2, 0.25) is 29.6 Å². The molecule has 2 aromatic heterocycles. The van der Waals surface area contributed by atoms with Crippen molar-refractivity contribution in [3.05, 3.63) is 83.1 Å². The zero-order valence-electron chi connectivity index (χ0n) is 20.5. The minimum Gasteiger partial charge on any atom is -0.448 e. The summed E-state index contributed by atoms with van der Waals surface area (Å²) in [5.41, 5.74) is 1.43. The molecule has 3 heterocycles. The largest absolute Gasteiger partial charge is 0.448 e. The summed E-state index contributed by atoms with van der Waals surface area (Å²) < 4.78 is 61.2. The van der Waals surface area contributed by atoms with Gasteiger partial charge in [-0.2, -0.15) is 4.39 Å². The smallest absolute Gasteiger partial charge is 0.249 e. The van der Waals surface area contributed by atoms with Crippen LogP contribution in [0.2, 0.25) is 0 Å². The van der Waals surface area contributed by atoms with E-state index >= 15 is 0 Å². The highest BCUT2D eigenvalue weighted by molar-refractivity contribution is 5.89. The van der Waals surface area contributed by atoms with Crippen LogP contribution in [0.3, 0.4) is 0 Å². The molecule has 11 heteroatoms. The van der Waals surface area contributed by atoms with Crippen molar-refractivity contribution in [1.82, 2.24) is 20.2 Å². The van der Waals surface area contributed by atoms with Crippen molar-refractivity contribution in [1.29, 1.82) is 0 Å². The van der Waals surface area contributed by atoms with Crippen LogP contribution in [0.25, 0.3) is 0 Å². The van der Waals surface area contributed by atoms with Gasteiger partial charge >= 0.3 is 0 Å². The molecule has 1 aliphatic carbocycles. The number of benzene rings is 1. The van der Waals surface area contributed by atoms with Crippen LogP contribution in [0, 0.1) is 12.9 Å². The molecule has 1 N–H and O–H groups in total. The Morgan fingerprint density at radius 3 is 2.53 bits per heavy atom. The van der Waals surface area contributed by atoms with Gasteiger partial charge in [0.25, 0.3) is 0 Å². The van der Waals surface area contributed by atoms with E-state index in [0.29, 0.717) is 11.3 Å². The highest BCUT2D eigenvalue weighted by Crippen LogP contribution is 2.48. The minimum atomic E-state index is -2.80. The fraction of sp³-hybridized carbons (Fsp3) is 0.407. The first-order chi connectivity index (χ1) is 18.1. The number of rotatable bonds is 7. The maximum absolute atomic E-state index is 14.9. The molecule has 1 saturated carbocycles. The molecule has 1 aromatic carbocycles. The first-order valence-electron chi connectivity index (χ1n) is 12.3. The molecule has 200 valence electrons. The van der Waals surface area contributed by atoms with Crippen LogP contribution < -0.4 is 5.32 Å². The number of alkyl halides is 3. The van der Waals surface area contributed by atoms with Gasteiger partial charge in [0, 0.05) is 24.8 Å². The summed E-state index contributed by atoms with van der Waals surface area (Å²) in [4.78, 5) is 35.5. The second-order valence-corrected chi connectivity index (χ2v) is 9.88. The van der Waals surface area contributed by atoms with Crippen LogP contribution in [0.4, 0.5) is 17.6 Å². The van der Waals surface area contributed by atoms with Gasteiger partial charge in [-0.1, -0.05) is 36.4 Å². The van der Waals surface area contributed by atoms with Crippen molar-refractivity contribution < 1.29 is 31.6 Å². The lowest BCUT2D eigenvalue weighted by Crippen LogP contribution is -2.47.